The number of rotatable bonds is 7. The van der Waals surface area contributed by atoms with Gasteiger partial charge in [0.05, 0.1) is 18.2 Å². The number of nitrogens with one attached hydrogen (secondary N) is 1. The Bertz CT molecular complexity index is 510. The molecule has 0 aromatic heterocycles. The molecule has 0 saturated carbocycles. The van der Waals surface area contributed by atoms with E-state index >= 15 is 0 Å². The maximum atomic E-state index is 14.1. The lowest BCUT2D eigenvalue weighted by Crippen LogP contribution is -2.39. The Balaban J connectivity index is 2.04. The number of carboxylic acid groups (broad SMARTS) is 1. The van der Waals surface area contributed by atoms with Crippen LogP contribution in [-0.2, 0) is 16.1 Å². The molecule has 1 aliphatic rings. The van der Waals surface area contributed by atoms with Crippen molar-refractivity contribution in [1.82, 2.24) is 5.32 Å². The molecule has 6 heteroatoms. The van der Waals surface area contributed by atoms with Crippen molar-refractivity contribution in [3.8, 4) is 0 Å². The van der Waals surface area contributed by atoms with Gasteiger partial charge in [-0.25, -0.2) is 4.39 Å². The van der Waals surface area contributed by atoms with Crippen LogP contribution < -0.4 is 10.2 Å². The van der Waals surface area contributed by atoms with Crippen molar-refractivity contribution in [2.24, 2.45) is 5.92 Å². The van der Waals surface area contributed by atoms with Crippen LogP contribution in [0.2, 0.25) is 0 Å². The zero-order valence-corrected chi connectivity index (χ0v) is 12.8. The second-order valence-corrected chi connectivity index (χ2v) is 5.58. The Hall–Kier alpha value is -1.66. The first-order valence-corrected chi connectivity index (χ1v) is 7.57. The molecule has 122 valence electrons. The molecule has 0 aliphatic carbocycles. The third-order valence-corrected chi connectivity index (χ3v) is 3.93. The number of ether oxygens (including phenoxy) is 1. The lowest BCUT2D eigenvalue weighted by atomic mass is 9.97. The summed E-state index contributed by atoms with van der Waals surface area (Å²) in [4.78, 5) is 13.0. The van der Waals surface area contributed by atoms with Crippen LogP contribution in [-0.4, -0.2) is 44.4 Å². The molecule has 0 bridgehead atoms. The molecule has 1 aromatic carbocycles. The van der Waals surface area contributed by atoms with E-state index in [1.165, 1.54) is 6.07 Å². The normalized spacial score (nSPS) is 18.5. The topological polar surface area (TPSA) is 61.8 Å². The summed E-state index contributed by atoms with van der Waals surface area (Å²) in [6, 6.07) is 5.00. The number of hydrogen-bond acceptors (Lipinski definition) is 4. The Labute approximate surface area is 130 Å². The quantitative estimate of drug-likeness (QED) is 0.753. The molecule has 1 fully saturated rings. The van der Waals surface area contributed by atoms with Crippen LogP contribution in [0.25, 0.3) is 0 Å². The van der Waals surface area contributed by atoms with E-state index in [1.54, 1.807) is 19.2 Å². The minimum Gasteiger partial charge on any atom is -0.481 e. The zero-order valence-electron chi connectivity index (χ0n) is 12.8. The third kappa shape index (κ3) is 4.42. The van der Waals surface area contributed by atoms with Gasteiger partial charge in [0.25, 0.3) is 0 Å². The first-order valence-electron chi connectivity index (χ1n) is 7.57. The molecule has 1 unspecified atom stereocenters. The van der Waals surface area contributed by atoms with Gasteiger partial charge in [-0.05, 0) is 30.5 Å². The molecule has 1 heterocycles. The molecule has 0 spiro atoms. The second kappa shape index (κ2) is 8.10. The minimum atomic E-state index is -0.803. The number of piperidine rings is 1. The summed E-state index contributed by atoms with van der Waals surface area (Å²) in [6.45, 7) is 3.05. The lowest BCUT2D eigenvalue weighted by Gasteiger charge is -2.33. The van der Waals surface area contributed by atoms with E-state index in [2.05, 4.69) is 5.32 Å². The number of hydrogen-bond donors (Lipinski definition) is 2. The summed E-state index contributed by atoms with van der Waals surface area (Å²) >= 11 is 0. The smallest absolute Gasteiger partial charge is 0.308 e. The first-order chi connectivity index (χ1) is 10.6. The number of nitrogens with zero attached hydrogens (tertiary/aromatic N) is 1. The second-order valence-electron chi connectivity index (χ2n) is 5.58. The molecule has 1 atom stereocenters. The SMILES string of the molecule is COCCNCc1ccc(F)c(N2CCCC(C(=O)O)C2)c1. The summed E-state index contributed by atoms with van der Waals surface area (Å²) in [7, 11) is 1.65. The number of halogens is 1. The predicted octanol–water partition coefficient (Wildman–Crippen LogP) is 1.86. The van der Waals surface area contributed by atoms with Crippen LogP contribution in [0.15, 0.2) is 18.2 Å². The van der Waals surface area contributed by atoms with Crippen molar-refractivity contribution in [3.05, 3.63) is 29.6 Å². The van der Waals surface area contributed by atoms with Gasteiger partial charge in [-0.1, -0.05) is 6.07 Å². The maximum Gasteiger partial charge on any atom is 0.308 e. The highest BCUT2D eigenvalue weighted by atomic mass is 19.1. The van der Waals surface area contributed by atoms with E-state index in [0.29, 0.717) is 38.3 Å². The summed E-state index contributed by atoms with van der Waals surface area (Å²) in [5.41, 5.74) is 1.47. The van der Waals surface area contributed by atoms with Crippen LogP contribution in [0.5, 0.6) is 0 Å². The van der Waals surface area contributed by atoms with Crippen molar-refractivity contribution in [2.45, 2.75) is 19.4 Å². The van der Waals surface area contributed by atoms with E-state index in [9.17, 15) is 9.18 Å². The molecule has 22 heavy (non-hydrogen) atoms. The summed E-state index contributed by atoms with van der Waals surface area (Å²) in [5.74, 6) is -1.52. The zero-order chi connectivity index (χ0) is 15.9. The van der Waals surface area contributed by atoms with Crippen LogP contribution in [0.1, 0.15) is 18.4 Å². The average Bonchev–Trinajstić information content (AvgIpc) is 2.53. The Kier molecular flexibility index (Phi) is 6.15. The summed E-state index contributed by atoms with van der Waals surface area (Å²) in [6.07, 6.45) is 1.43. The highest BCUT2D eigenvalue weighted by Crippen LogP contribution is 2.26. The van der Waals surface area contributed by atoms with Gasteiger partial charge in [-0.2, -0.15) is 0 Å². The number of methoxy groups -OCH3 is 1. The Morgan fingerprint density at radius 1 is 1.55 bits per heavy atom. The third-order valence-electron chi connectivity index (χ3n) is 3.93. The van der Waals surface area contributed by atoms with Crippen LogP contribution in [0.4, 0.5) is 10.1 Å². The van der Waals surface area contributed by atoms with Gasteiger partial charge in [-0.15, -0.1) is 0 Å². The predicted molar refractivity (Wildman–Crippen MR) is 82.6 cm³/mol. The van der Waals surface area contributed by atoms with Crippen molar-refractivity contribution < 1.29 is 19.0 Å². The van der Waals surface area contributed by atoms with Crippen molar-refractivity contribution in [1.29, 1.82) is 0 Å². The number of carboxylic acids is 1. The fourth-order valence-electron chi connectivity index (χ4n) is 2.72. The molecular weight excluding hydrogens is 287 g/mol. The van der Waals surface area contributed by atoms with Gasteiger partial charge in [0.2, 0.25) is 0 Å². The average molecular weight is 310 g/mol. The van der Waals surface area contributed by atoms with Crippen LogP contribution >= 0.6 is 0 Å². The van der Waals surface area contributed by atoms with Crippen molar-refractivity contribution >= 4 is 11.7 Å². The van der Waals surface area contributed by atoms with Crippen molar-refractivity contribution in [3.63, 3.8) is 0 Å². The van der Waals surface area contributed by atoms with Gasteiger partial charge < -0.3 is 20.1 Å². The molecule has 0 radical (unpaired) electrons. The fourth-order valence-corrected chi connectivity index (χ4v) is 2.72. The van der Waals surface area contributed by atoms with Gasteiger partial charge in [0.15, 0.2) is 0 Å². The van der Waals surface area contributed by atoms with Crippen LogP contribution in [0, 0.1) is 11.7 Å². The van der Waals surface area contributed by atoms with Gasteiger partial charge >= 0.3 is 5.97 Å². The monoisotopic (exact) mass is 310 g/mol. The number of carbonyl (C=O) groups is 1. The summed E-state index contributed by atoms with van der Waals surface area (Å²) in [5, 5.41) is 12.4. The number of anilines is 1. The van der Waals surface area contributed by atoms with E-state index in [-0.39, 0.29) is 5.82 Å². The highest BCUT2D eigenvalue weighted by molar-refractivity contribution is 5.71. The number of aliphatic carboxylic acids is 1. The van der Waals surface area contributed by atoms with E-state index in [1.807, 2.05) is 4.90 Å². The van der Waals surface area contributed by atoms with Gasteiger partial charge in [0.1, 0.15) is 5.82 Å². The van der Waals surface area contributed by atoms with Crippen molar-refractivity contribution in [2.75, 3.05) is 38.3 Å². The molecular formula is C16H23FN2O3. The Morgan fingerprint density at radius 3 is 3.09 bits per heavy atom. The molecule has 1 saturated heterocycles. The molecule has 0 amide bonds. The Morgan fingerprint density at radius 2 is 2.36 bits per heavy atom. The summed E-state index contributed by atoms with van der Waals surface area (Å²) < 4.78 is 19.1. The fraction of sp³-hybridized carbons (Fsp3) is 0.562. The number of benzene rings is 1. The standard InChI is InChI=1S/C16H23FN2O3/c1-22-8-6-18-10-12-4-5-14(17)15(9-12)19-7-2-3-13(11-19)16(20)21/h4-5,9,13,18H,2-3,6-8,10-11H2,1H3,(H,20,21). The van der Waals surface area contributed by atoms with E-state index in [4.69, 9.17) is 9.84 Å². The maximum absolute atomic E-state index is 14.1. The van der Waals surface area contributed by atoms with E-state index < -0.39 is 11.9 Å². The minimum absolute atomic E-state index is 0.299. The van der Waals surface area contributed by atoms with E-state index in [0.717, 1.165) is 18.5 Å². The van der Waals surface area contributed by atoms with Crippen LogP contribution in [0.3, 0.4) is 0 Å². The molecule has 2 rings (SSSR count). The molecule has 1 aliphatic heterocycles. The first kappa shape index (κ1) is 16.7. The molecule has 5 nitrogen and oxygen atoms in total. The lowest BCUT2D eigenvalue weighted by molar-refractivity contribution is -0.141. The largest absolute Gasteiger partial charge is 0.481 e. The van der Waals surface area contributed by atoms with Gasteiger partial charge in [-0.3, -0.25) is 4.79 Å². The molecule has 2 N–H and O–H groups in total. The van der Waals surface area contributed by atoms with Gasteiger partial charge in [0, 0.05) is 33.3 Å². The molecule has 1 aromatic rings. The highest BCUT2D eigenvalue weighted by Gasteiger charge is 2.26.